The van der Waals surface area contributed by atoms with Gasteiger partial charge in [0.05, 0.1) is 7.11 Å². The predicted octanol–water partition coefficient (Wildman–Crippen LogP) is 3.90. The van der Waals surface area contributed by atoms with Crippen LogP contribution in [0.3, 0.4) is 0 Å². The van der Waals surface area contributed by atoms with Crippen molar-refractivity contribution >= 4 is 17.0 Å². The van der Waals surface area contributed by atoms with Crippen LogP contribution < -0.4 is 10.1 Å². The summed E-state index contributed by atoms with van der Waals surface area (Å²) in [7, 11) is 1.66. The molecular weight excluding hydrogens is 304 g/mol. The third-order valence-corrected chi connectivity index (χ3v) is 3.56. The number of nitrogens with one attached hydrogen (secondary N) is 1. The number of carbonyl (C=O) groups excluding carboxylic acids is 1. The van der Waals surface area contributed by atoms with E-state index in [2.05, 4.69) is 22.7 Å². The highest BCUT2D eigenvalue weighted by Gasteiger charge is 2.16. The molecule has 1 aromatic heterocycles. The summed E-state index contributed by atoms with van der Waals surface area (Å²) in [4.78, 5) is 11.7. The maximum Gasteiger partial charge on any atom is 0.407 e. The van der Waals surface area contributed by atoms with Crippen molar-refractivity contribution in [2.45, 2.75) is 39.3 Å². The second kappa shape index (κ2) is 7.43. The largest absolute Gasteiger partial charge is 0.497 e. The van der Waals surface area contributed by atoms with Crippen LogP contribution in [0, 0.1) is 0 Å². The number of fused-ring (bicyclic) bond motifs is 1. The zero-order chi connectivity index (χ0) is 17.7. The number of rotatable bonds is 6. The summed E-state index contributed by atoms with van der Waals surface area (Å²) in [5.74, 6) is 0.820. The summed E-state index contributed by atoms with van der Waals surface area (Å²) in [5, 5.41) is 3.93. The summed E-state index contributed by atoms with van der Waals surface area (Å²) >= 11 is 0. The van der Waals surface area contributed by atoms with Gasteiger partial charge in [-0.05, 0) is 51.0 Å². The molecule has 0 fully saturated rings. The molecule has 0 saturated carbocycles. The molecule has 0 saturated heterocycles. The van der Waals surface area contributed by atoms with Crippen LogP contribution in [0.1, 0.15) is 26.3 Å². The van der Waals surface area contributed by atoms with Gasteiger partial charge in [0, 0.05) is 30.2 Å². The van der Waals surface area contributed by atoms with Crippen molar-refractivity contribution in [2.75, 3.05) is 13.7 Å². The van der Waals surface area contributed by atoms with Gasteiger partial charge in [0.2, 0.25) is 0 Å². The second-order valence-corrected chi connectivity index (χ2v) is 6.66. The van der Waals surface area contributed by atoms with E-state index in [9.17, 15) is 4.79 Å². The molecule has 1 heterocycles. The van der Waals surface area contributed by atoms with Crippen LogP contribution in [0.2, 0.25) is 0 Å². The molecule has 0 bridgehead atoms. The van der Waals surface area contributed by atoms with Crippen LogP contribution in [-0.2, 0) is 17.7 Å². The molecule has 0 atom stereocenters. The highest BCUT2D eigenvalue weighted by atomic mass is 16.6. The first-order valence-corrected chi connectivity index (χ1v) is 8.07. The molecule has 0 aliphatic rings. The molecule has 1 aromatic carbocycles. The Morgan fingerprint density at radius 1 is 1.38 bits per heavy atom. The lowest BCUT2D eigenvalue weighted by Crippen LogP contribution is -2.33. The minimum Gasteiger partial charge on any atom is -0.497 e. The van der Waals surface area contributed by atoms with Crippen LogP contribution in [0.4, 0.5) is 4.79 Å². The van der Waals surface area contributed by atoms with Crippen LogP contribution >= 0.6 is 0 Å². The lowest BCUT2D eigenvalue weighted by atomic mass is 10.1. The molecule has 0 aliphatic carbocycles. The molecule has 0 spiro atoms. The fraction of sp³-hybridized carbons (Fsp3) is 0.421. The topological polar surface area (TPSA) is 52.5 Å². The van der Waals surface area contributed by atoms with Crippen molar-refractivity contribution in [3.63, 3.8) is 0 Å². The van der Waals surface area contributed by atoms with Crippen LogP contribution in [0.25, 0.3) is 10.9 Å². The molecule has 1 amide bonds. The van der Waals surface area contributed by atoms with Crippen molar-refractivity contribution in [3.05, 3.63) is 42.6 Å². The number of hydrogen-bond donors (Lipinski definition) is 1. The van der Waals surface area contributed by atoms with Gasteiger partial charge in [-0.1, -0.05) is 6.08 Å². The third-order valence-electron chi connectivity index (χ3n) is 3.56. The summed E-state index contributed by atoms with van der Waals surface area (Å²) in [5.41, 5.74) is 1.79. The maximum atomic E-state index is 11.7. The highest BCUT2D eigenvalue weighted by Crippen LogP contribution is 2.26. The number of aromatic nitrogens is 1. The van der Waals surface area contributed by atoms with Gasteiger partial charge in [0.15, 0.2) is 0 Å². The number of amides is 1. The van der Waals surface area contributed by atoms with Crippen LogP contribution in [0.15, 0.2) is 37.1 Å². The predicted molar refractivity (Wildman–Crippen MR) is 96.6 cm³/mol. The Morgan fingerprint density at radius 2 is 2.12 bits per heavy atom. The summed E-state index contributed by atoms with van der Waals surface area (Å²) in [6.07, 6.45) is 4.29. The Balaban J connectivity index is 2.13. The van der Waals surface area contributed by atoms with Gasteiger partial charge in [0.25, 0.3) is 0 Å². The van der Waals surface area contributed by atoms with Crippen molar-refractivity contribution in [2.24, 2.45) is 0 Å². The van der Waals surface area contributed by atoms with Crippen LogP contribution in [-0.4, -0.2) is 29.9 Å². The van der Waals surface area contributed by atoms with Crippen molar-refractivity contribution < 1.29 is 14.3 Å². The molecule has 0 aliphatic heterocycles. The van der Waals surface area contributed by atoms with Gasteiger partial charge < -0.3 is 19.4 Å². The van der Waals surface area contributed by atoms with Gasteiger partial charge in [-0.3, -0.25) is 0 Å². The Morgan fingerprint density at radius 3 is 2.75 bits per heavy atom. The molecule has 0 radical (unpaired) electrons. The maximum absolute atomic E-state index is 11.7. The van der Waals surface area contributed by atoms with E-state index in [1.807, 2.05) is 45.0 Å². The monoisotopic (exact) mass is 330 g/mol. The highest BCUT2D eigenvalue weighted by molar-refractivity contribution is 5.85. The smallest absolute Gasteiger partial charge is 0.407 e. The standard InChI is InChI=1S/C19H26N2O3/c1-6-11-21-13-14(9-10-20-18(22)24-19(2,3)4)16-12-15(23-5)7-8-17(16)21/h6-8,12-13H,1,9-11H2,2-5H3,(H,20,22). The summed E-state index contributed by atoms with van der Waals surface area (Å²) in [6, 6.07) is 6.02. The first-order valence-electron chi connectivity index (χ1n) is 8.07. The number of hydrogen-bond acceptors (Lipinski definition) is 3. The fourth-order valence-corrected chi connectivity index (χ4v) is 2.58. The Kier molecular flexibility index (Phi) is 5.54. The molecular formula is C19H26N2O3. The lowest BCUT2D eigenvalue weighted by molar-refractivity contribution is 0.0528. The van der Waals surface area contributed by atoms with Crippen molar-refractivity contribution in [1.82, 2.24) is 9.88 Å². The molecule has 24 heavy (non-hydrogen) atoms. The minimum absolute atomic E-state index is 0.394. The SMILES string of the molecule is C=CCn1cc(CCNC(=O)OC(C)(C)C)c2cc(OC)ccc21. The number of carbonyl (C=O) groups is 1. The average molecular weight is 330 g/mol. The molecule has 0 unspecified atom stereocenters. The first-order chi connectivity index (χ1) is 11.3. The number of nitrogens with zero attached hydrogens (tertiary/aromatic N) is 1. The third kappa shape index (κ3) is 4.54. The fourth-order valence-electron chi connectivity index (χ4n) is 2.58. The van der Waals surface area contributed by atoms with E-state index in [0.717, 1.165) is 28.8 Å². The van der Waals surface area contributed by atoms with E-state index in [-0.39, 0.29) is 0 Å². The normalized spacial score (nSPS) is 11.3. The van der Waals surface area contributed by atoms with E-state index in [4.69, 9.17) is 9.47 Å². The number of benzene rings is 1. The zero-order valence-electron chi connectivity index (χ0n) is 14.9. The van der Waals surface area contributed by atoms with E-state index in [0.29, 0.717) is 13.0 Å². The number of allylic oxidation sites excluding steroid dienone is 1. The number of ether oxygens (including phenoxy) is 2. The minimum atomic E-state index is -0.489. The van der Waals surface area contributed by atoms with Gasteiger partial charge in [-0.15, -0.1) is 6.58 Å². The van der Waals surface area contributed by atoms with E-state index in [1.165, 1.54) is 0 Å². The Bertz CT molecular complexity index is 726. The van der Waals surface area contributed by atoms with Gasteiger partial charge in [0.1, 0.15) is 11.4 Å². The second-order valence-electron chi connectivity index (χ2n) is 6.66. The Hall–Kier alpha value is -2.43. The van der Waals surface area contributed by atoms with Gasteiger partial charge in [-0.2, -0.15) is 0 Å². The molecule has 5 nitrogen and oxygen atoms in total. The van der Waals surface area contributed by atoms with E-state index in [1.54, 1.807) is 7.11 Å². The van der Waals surface area contributed by atoms with Gasteiger partial charge in [-0.25, -0.2) is 4.79 Å². The molecule has 5 heteroatoms. The van der Waals surface area contributed by atoms with E-state index < -0.39 is 11.7 Å². The molecule has 2 aromatic rings. The number of alkyl carbamates (subject to hydrolysis) is 1. The summed E-state index contributed by atoms with van der Waals surface area (Å²) < 4.78 is 12.7. The molecule has 130 valence electrons. The molecule has 1 N–H and O–H groups in total. The first kappa shape index (κ1) is 17.9. The van der Waals surface area contributed by atoms with E-state index >= 15 is 0 Å². The quantitative estimate of drug-likeness (QED) is 0.817. The van der Waals surface area contributed by atoms with Crippen molar-refractivity contribution in [1.29, 1.82) is 0 Å². The van der Waals surface area contributed by atoms with Crippen LogP contribution in [0.5, 0.6) is 5.75 Å². The summed E-state index contributed by atoms with van der Waals surface area (Å²) in [6.45, 7) is 10.6. The van der Waals surface area contributed by atoms with Gasteiger partial charge >= 0.3 is 6.09 Å². The number of methoxy groups -OCH3 is 1. The lowest BCUT2D eigenvalue weighted by Gasteiger charge is -2.19. The van der Waals surface area contributed by atoms with Crippen molar-refractivity contribution in [3.8, 4) is 5.75 Å². The molecule has 2 rings (SSSR count). The zero-order valence-corrected chi connectivity index (χ0v) is 14.9. The Labute approximate surface area is 143 Å². The average Bonchev–Trinajstić information content (AvgIpc) is 2.83.